The van der Waals surface area contributed by atoms with Crippen LogP contribution in [0.1, 0.15) is 25.8 Å². The molecule has 0 aliphatic carbocycles. The molecule has 2 aromatic rings. The van der Waals surface area contributed by atoms with Gasteiger partial charge in [0.2, 0.25) is 11.9 Å². The number of hydrogen-bond donors (Lipinski definition) is 2. The van der Waals surface area contributed by atoms with Crippen LogP contribution >= 0.6 is 0 Å². The molecule has 0 aliphatic heterocycles. The summed E-state index contributed by atoms with van der Waals surface area (Å²) in [6.45, 7) is 5.93. The van der Waals surface area contributed by atoms with Crippen LogP contribution in [0.2, 0.25) is 0 Å². The third-order valence-corrected chi connectivity index (χ3v) is 3.07. The molecule has 0 radical (unpaired) electrons. The number of rotatable bonds is 4. The molecule has 5 nitrogen and oxygen atoms in total. The lowest BCUT2D eigenvalue weighted by Gasteiger charge is -2.10. The second kappa shape index (κ2) is 5.48. The summed E-state index contributed by atoms with van der Waals surface area (Å²) >= 11 is 0. The van der Waals surface area contributed by atoms with E-state index in [1.54, 1.807) is 17.6 Å². The van der Waals surface area contributed by atoms with E-state index in [9.17, 15) is 9.18 Å². The van der Waals surface area contributed by atoms with Crippen molar-refractivity contribution in [2.75, 3.05) is 5.73 Å². The van der Waals surface area contributed by atoms with Crippen molar-refractivity contribution < 1.29 is 9.18 Å². The van der Waals surface area contributed by atoms with Gasteiger partial charge < -0.3 is 15.6 Å². The van der Waals surface area contributed by atoms with Crippen molar-refractivity contribution in [3.63, 3.8) is 0 Å². The third-order valence-electron chi connectivity index (χ3n) is 3.07. The molecule has 0 unspecified atom stereocenters. The minimum Gasteiger partial charge on any atom is -0.369 e. The number of benzene rings is 1. The SMILES string of the molecule is Cc1cc2c(cc1F)nc(N)n2CCC(=O)NC(C)C. The van der Waals surface area contributed by atoms with E-state index in [1.807, 2.05) is 13.8 Å². The number of carbonyl (C=O) groups excluding carboxylic acids is 1. The first-order valence-corrected chi connectivity index (χ1v) is 6.59. The van der Waals surface area contributed by atoms with Gasteiger partial charge in [0.25, 0.3) is 0 Å². The summed E-state index contributed by atoms with van der Waals surface area (Å²) in [5.74, 6) is -0.0536. The van der Waals surface area contributed by atoms with Gasteiger partial charge in [0.1, 0.15) is 5.82 Å². The molecule has 1 aromatic carbocycles. The number of halogens is 1. The minimum absolute atomic E-state index is 0.0416. The standard InChI is InChI=1S/C14H19FN4O/c1-8(2)17-13(20)4-5-19-12-6-9(3)10(15)7-11(12)18-14(19)16/h6-8H,4-5H2,1-3H3,(H2,16,18)(H,17,20). The number of imidazole rings is 1. The Labute approximate surface area is 117 Å². The zero-order valence-corrected chi connectivity index (χ0v) is 11.9. The Balaban J connectivity index is 2.23. The Morgan fingerprint density at radius 2 is 2.20 bits per heavy atom. The summed E-state index contributed by atoms with van der Waals surface area (Å²) in [7, 11) is 0. The summed E-state index contributed by atoms with van der Waals surface area (Å²) in [4.78, 5) is 15.8. The highest BCUT2D eigenvalue weighted by Crippen LogP contribution is 2.21. The maximum absolute atomic E-state index is 13.5. The molecule has 0 saturated heterocycles. The molecule has 1 aromatic heterocycles. The van der Waals surface area contributed by atoms with E-state index >= 15 is 0 Å². The first-order chi connectivity index (χ1) is 9.38. The highest BCUT2D eigenvalue weighted by Gasteiger charge is 2.12. The lowest BCUT2D eigenvalue weighted by Crippen LogP contribution is -2.30. The second-order valence-corrected chi connectivity index (χ2v) is 5.18. The van der Waals surface area contributed by atoms with Crippen molar-refractivity contribution in [1.82, 2.24) is 14.9 Å². The molecule has 0 atom stereocenters. The van der Waals surface area contributed by atoms with Gasteiger partial charge in [-0.3, -0.25) is 4.79 Å². The van der Waals surface area contributed by atoms with E-state index in [2.05, 4.69) is 10.3 Å². The fourth-order valence-corrected chi connectivity index (χ4v) is 2.11. The van der Waals surface area contributed by atoms with Crippen LogP contribution in [0.5, 0.6) is 0 Å². The van der Waals surface area contributed by atoms with Crippen molar-refractivity contribution in [3.8, 4) is 0 Å². The Hall–Kier alpha value is -2.11. The molecule has 3 N–H and O–H groups in total. The van der Waals surface area contributed by atoms with E-state index < -0.39 is 0 Å². The van der Waals surface area contributed by atoms with E-state index in [0.717, 1.165) is 5.52 Å². The lowest BCUT2D eigenvalue weighted by molar-refractivity contribution is -0.121. The Kier molecular flexibility index (Phi) is 3.92. The molecule has 0 bridgehead atoms. The monoisotopic (exact) mass is 278 g/mol. The lowest BCUT2D eigenvalue weighted by atomic mass is 10.2. The molecule has 1 heterocycles. The number of nitrogens with one attached hydrogen (secondary N) is 1. The van der Waals surface area contributed by atoms with Gasteiger partial charge in [-0.1, -0.05) is 0 Å². The molecule has 0 fully saturated rings. The third kappa shape index (κ3) is 2.89. The maximum Gasteiger partial charge on any atom is 0.221 e. The number of hydrogen-bond acceptors (Lipinski definition) is 3. The van der Waals surface area contributed by atoms with Crippen molar-refractivity contribution >= 4 is 22.9 Å². The number of fused-ring (bicyclic) bond motifs is 1. The van der Waals surface area contributed by atoms with Gasteiger partial charge in [-0.05, 0) is 32.4 Å². The maximum atomic E-state index is 13.5. The molecule has 108 valence electrons. The summed E-state index contributed by atoms with van der Waals surface area (Å²) < 4.78 is 15.2. The first kappa shape index (κ1) is 14.3. The van der Waals surface area contributed by atoms with Crippen LogP contribution in [0.25, 0.3) is 11.0 Å². The van der Waals surface area contributed by atoms with Crippen molar-refractivity contribution in [2.45, 2.75) is 39.8 Å². The molecular formula is C14H19FN4O. The van der Waals surface area contributed by atoms with Gasteiger partial charge in [0.05, 0.1) is 11.0 Å². The van der Waals surface area contributed by atoms with Crippen LogP contribution in [0.15, 0.2) is 12.1 Å². The number of aromatic nitrogens is 2. The Morgan fingerprint density at radius 1 is 1.50 bits per heavy atom. The summed E-state index contributed by atoms with van der Waals surface area (Å²) in [5.41, 5.74) is 7.63. The zero-order valence-electron chi connectivity index (χ0n) is 11.9. The normalized spacial score (nSPS) is 11.2. The Morgan fingerprint density at radius 3 is 2.85 bits per heavy atom. The fourth-order valence-electron chi connectivity index (χ4n) is 2.11. The van der Waals surface area contributed by atoms with Gasteiger partial charge in [-0.2, -0.15) is 0 Å². The number of anilines is 1. The smallest absolute Gasteiger partial charge is 0.221 e. The van der Waals surface area contributed by atoms with Gasteiger partial charge in [-0.15, -0.1) is 0 Å². The van der Waals surface area contributed by atoms with Crippen LogP contribution in [0.4, 0.5) is 10.3 Å². The average molecular weight is 278 g/mol. The van der Waals surface area contributed by atoms with Crippen LogP contribution in [0, 0.1) is 12.7 Å². The van der Waals surface area contributed by atoms with Crippen molar-refractivity contribution in [2.24, 2.45) is 0 Å². The quantitative estimate of drug-likeness (QED) is 0.898. The van der Waals surface area contributed by atoms with E-state index in [-0.39, 0.29) is 17.8 Å². The highest BCUT2D eigenvalue weighted by atomic mass is 19.1. The van der Waals surface area contributed by atoms with Gasteiger partial charge >= 0.3 is 0 Å². The number of amides is 1. The molecule has 6 heteroatoms. The van der Waals surface area contributed by atoms with Gasteiger partial charge in [0, 0.05) is 25.1 Å². The number of aryl methyl sites for hydroxylation is 2. The summed E-state index contributed by atoms with van der Waals surface area (Å²) in [5, 5.41) is 2.82. The van der Waals surface area contributed by atoms with Crippen LogP contribution in [0.3, 0.4) is 0 Å². The van der Waals surface area contributed by atoms with E-state index in [4.69, 9.17) is 5.73 Å². The van der Waals surface area contributed by atoms with Crippen molar-refractivity contribution in [1.29, 1.82) is 0 Å². The summed E-state index contributed by atoms with van der Waals surface area (Å²) in [6.07, 6.45) is 0.310. The number of carbonyl (C=O) groups is 1. The molecule has 0 saturated carbocycles. The van der Waals surface area contributed by atoms with Crippen LogP contribution < -0.4 is 11.1 Å². The average Bonchev–Trinajstić information content (AvgIpc) is 2.62. The van der Waals surface area contributed by atoms with E-state index in [1.165, 1.54) is 6.07 Å². The second-order valence-electron chi connectivity index (χ2n) is 5.18. The zero-order chi connectivity index (χ0) is 14.9. The predicted octanol–water partition coefficient (Wildman–Crippen LogP) is 1.98. The Bertz CT molecular complexity index is 648. The van der Waals surface area contributed by atoms with Crippen LogP contribution in [-0.4, -0.2) is 21.5 Å². The highest BCUT2D eigenvalue weighted by molar-refractivity contribution is 5.80. The number of nitrogen functional groups attached to an aromatic ring is 1. The number of nitrogens with two attached hydrogens (primary N) is 1. The largest absolute Gasteiger partial charge is 0.369 e. The van der Waals surface area contributed by atoms with Crippen LogP contribution in [-0.2, 0) is 11.3 Å². The van der Waals surface area contributed by atoms with Gasteiger partial charge in [0.15, 0.2) is 0 Å². The molecule has 0 aliphatic rings. The minimum atomic E-state index is -0.306. The number of nitrogens with zero attached hydrogens (tertiary/aromatic N) is 2. The molecule has 20 heavy (non-hydrogen) atoms. The van der Waals surface area contributed by atoms with Gasteiger partial charge in [-0.25, -0.2) is 9.37 Å². The fraction of sp³-hybridized carbons (Fsp3) is 0.429. The molecule has 1 amide bonds. The predicted molar refractivity (Wildman–Crippen MR) is 76.7 cm³/mol. The van der Waals surface area contributed by atoms with E-state index in [0.29, 0.717) is 30.0 Å². The first-order valence-electron chi connectivity index (χ1n) is 6.59. The molecule has 0 spiro atoms. The van der Waals surface area contributed by atoms with Crippen molar-refractivity contribution in [3.05, 3.63) is 23.5 Å². The topological polar surface area (TPSA) is 72.9 Å². The summed E-state index contributed by atoms with van der Waals surface area (Å²) in [6, 6.07) is 3.18. The molecule has 2 rings (SSSR count). The molecular weight excluding hydrogens is 259 g/mol.